The van der Waals surface area contributed by atoms with Crippen LogP contribution in [0.1, 0.15) is 5.56 Å². The second-order valence-corrected chi connectivity index (χ2v) is 12.3. The third kappa shape index (κ3) is 4.38. The van der Waals surface area contributed by atoms with Gasteiger partial charge in [-0.25, -0.2) is 9.69 Å². The molecular formula is C45H25N5. The largest absolute Gasteiger partial charge is 0.311 e. The summed E-state index contributed by atoms with van der Waals surface area (Å²) in [6.45, 7) is 15.4. The van der Waals surface area contributed by atoms with E-state index >= 15 is 0 Å². The SMILES string of the molecule is [C-]#[N+]c1ccc2c(c1)c1c([N+]#[C-])cccc1n2-c1cccc(-c2ccc(-c3cc(C#N)ccc3-n3c4ccccc4c4ccccc43)cc2)c1. The van der Waals surface area contributed by atoms with Crippen LogP contribution in [0.3, 0.4) is 0 Å². The zero-order valence-electron chi connectivity index (χ0n) is 26.7. The van der Waals surface area contributed by atoms with Crippen LogP contribution in [0.15, 0.2) is 152 Å². The fourth-order valence-corrected chi connectivity index (χ4v) is 7.36. The van der Waals surface area contributed by atoms with Crippen molar-refractivity contribution in [1.82, 2.24) is 9.13 Å². The van der Waals surface area contributed by atoms with E-state index in [9.17, 15) is 5.26 Å². The Labute approximate surface area is 288 Å². The van der Waals surface area contributed by atoms with Crippen LogP contribution < -0.4 is 0 Å². The van der Waals surface area contributed by atoms with E-state index in [0.717, 1.165) is 66.5 Å². The van der Waals surface area contributed by atoms with Crippen molar-refractivity contribution in [1.29, 1.82) is 5.26 Å². The van der Waals surface area contributed by atoms with Crippen molar-refractivity contribution >= 4 is 55.0 Å². The summed E-state index contributed by atoms with van der Waals surface area (Å²) in [6.07, 6.45) is 0. The molecule has 0 saturated carbocycles. The fraction of sp³-hybridized carbons (Fsp3) is 0. The van der Waals surface area contributed by atoms with Gasteiger partial charge in [0.05, 0.1) is 47.0 Å². The predicted molar refractivity (Wildman–Crippen MR) is 203 cm³/mol. The molecule has 50 heavy (non-hydrogen) atoms. The molecule has 0 radical (unpaired) electrons. The van der Waals surface area contributed by atoms with E-state index in [1.165, 1.54) is 10.8 Å². The highest BCUT2D eigenvalue weighted by atomic mass is 15.0. The van der Waals surface area contributed by atoms with Gasteiger partial charge in [-0.2, -0.15) is 5.26 Å². The second-order valence-electron chi connectivity index (χ2n) is 12.3. The molecule has 0 saturated heterocycles. The summed E-state index contributed by atoms with van der Waals surface area (Å²) >= 11 is 0. The number of hydrogen-bond acceptors (Lipinski definition) is 1. The van der Waals surface area contributed by atoms with Crippen LogP contribution in [0.5, 0.6) is 0 Å². The number of nitriles is 1. The molecule has 0 aliphatic carbocycles. The first-order valence-electron chi connectivity index (χ1n) is 16.2. The van der Waals surface area contributed by atoms with Gasteiger partial charge in [-0.3, -0.25) is 0 Å². The van der Waals surface area contributed by atoms with Crippen molar-refractivity contribution in [3.8, 4) is 39.7 Å². The van der Waals surface area contributed by atoms with Crippen LogP contribution >= 0.6 is 0 Å². The lowest BCUT2D eigenvalue weighted by Gasteiger charge is -2.15. The van der Waals surface area contributed by atoms with Gasteiger partial charge in [0.1, 0.15) is 0 Å². The van der Waals surface area contributed by atoms with E-state index in [0.29, 0.717) is 16.9 Å². The topological polar surface area (TPSA) is 42.4 Å². The molecule has 2 heterocycles. The first-order valence-corrected chi connectivity index (χ1v) is 16.2. The molecule has 0 aliphatic rings. The van der Waals surface area contributed by atoms with Gasteiger partial charge >= 0.3 is 0 Å². The molecule has 0 bridgehead atoms. The smallest absolute Gasteiger partial charge is 0.197 e. The van der Waals surface area contributed by atoms with Crippen LogP contribution in [-0.4, -0.2) is 9.13 Å². The summed E-state index contributed by atoms with van der Waals surface area (Å²) in [5.74, 6) is 0. The molecule has 5 heteroatoms. The minimum Gasteiger partial charge on any atom is -0.311 e. The summed E-state index contributed by atoms with van der Waals surface area (Å²) < 4.78 is 4.47. The Hall–Kier alpha value is -7.39. The normalized spacial score (nSPS) is 11.1. The van der Waals surface area contributed by atoms with Crippen molar-refractivity contribution in [3.63, 3.8) is 0 Å². The second kappa shape index (κ2) is 11.4. The average Bonchev–Trinajstić information content (AvgIpc) is 3.70. The quantitative estimate of drug-likeness (QED) is 0.177. The first-order chi connectivity index (χ1) is 24.7. The zero-order valence-corrected chi connectivity index (χ0v) is 26.7. The van der Waals surface area contributed by atoms with Crippen LogP contribution in [0.4, 0.5) is 11.4 Å². The monoisotopic (exact) mass is 635 g/mol. The van der Waals surface area contributed by atoms with Gasteiger partial charge in [-0.15, -0.1) is 0 Å². The van der Waals surface area contributed by atoms with Crippen LogP contribution in [0.25, 0.3) is 86.9 Å². The molecule has 5 nitrogen and oxygen atoms in total. The number of para-hydroxylation sites is 2. The van der Waals surface area contributed by atoms with Crippen molar-refractivity contribution in [2.24, 2.45) is 0 Å². The summed E-state index contributed by atoms with van der Waals surface area (Å²) in [6, 6.07) is 53.6. The van der Waals surface area contributed by atoms with Crippen molar-refractivity contribution in [2.45, 2.75) is 0 Å². The molecule has 2 aromatic heterocycles. The maximum atomic E-state index is 9.87. The lowest BCUT2D eigenvalue weighted by Crippen LogP contribution is -1.98. The molecule has 0 fully saturated rings. The Morgan fingerprint density at radius 3 is 1.90 bits per heavy atom. The van der Waals surface area contributed by atoms with E-state index in [1.54, 1.807) is 0 Å². The Balaban J connectivity index is 1.17. The molecule has 0 amide bonds. The van der Waals surface area contributed by atoms with Crippen molar-refractivity contribution in [2.75, 3.05) is 0 Å². The number of hydrogen-bond donors (Lipinski definition) is 0. The summed E-state index contributed by atoms with van der Waals surface area (Å²) in [7, 11) is 0. The standard InChI is InChI=1S/C45H25N5/c1-47-33-22-24-43-38(27-33)45-39(48-2)13-8-16-44(45)49(43)34-10-7-9-32(26-34)30-18-20-31(21-19-30)37-25-29(28-46)17-23-42(37)50-40-14-5-3-11-35(40)36-12-4-6-15-41(36)50/h3-27H. The van der Waals surface area contributed by atoms with Crippen LogP contribution in [-0.2, 0) is 0 Å². The Morgan fingerprint density at radius 2 is 1.18 bits per heavy atom. The lowest BCUT2D eigenvalue weighted by molar-refractivity contribution is 1.18. The molecule has 0 aliphatic heterocycles. The third-order valence-corrected chi connectivity index (χ3v) is 9.58. The van der Waals surface area contributed by atoms with E-state index in [1.807, 2.05) is 48.5 Å². The third-order valence-electron chi connectivity index (χ3n) is 9.58. The Morgan fingerprint density at radius 1 is 0.500 bits per heavy atom. The minimum atomic E-state index is 0.548. The Bertz CT molecular complexity index is 2900. The van der Waals surface area contributed by atoms with E-state index in [4.69, 9.17) is 13.1 Å². The average molecular weight is 636 g/mol. The number of aromatic nitrogens is 2. The van der Waals surface area contributed by atoms with Gasteiger partial charge in [-0.05, 0) is 82.7 Å². The molecule has 0 atom stereocenters. The molecule has 7 aromatic carbocycles. The summed E-state index contributed by atoms with van der Waals surface area (Å²) in [5, 5.41) is 14.0. The van der Waals surface area contributed by atoms with Crippen LogP contribution in [0, 0.1) is 24.5 Å². The summed E-state index contributed by atoms with van der Waals surface area (Å²) in [5.41, 5.74) is 11.9. The molecule has 0 N–H and O–H groups in total. The van der Waals surface area contributed by atoms with Gasteiger partial charge in [0.25, 0.3) is 0 Å². The van der Waals surface area contributed by atoms with Gasteiger partial charge in [-0.1, -0.05) is 91.0 Å². The maximum Gasteiger partial charge on any atom is 0.197 e. The number of benzene rings is 7. The highest BCUT2D eigenvalue weighted by Crippen LogP contribution is 2.41. The zero-order chi connectivity index (χ0) is 33.8. The molecule has 9 rings (SSSR count). The number of rotatable bonds is 4. The number of fused-ring (bicyclic) bond motifs is 6. The van der Waals surface area contributed by atoms with Gasteiger partial charge < -0.3 is 9.13 Å². The molecular weight excluding hydrogens is 611 g/mol. The summed E-state index contributed by atoms with van der Waals surface area (Å²) in [4.78, 5) is 7.46. The Kier molecular flexibility index (Phi) is 6.56. The predicted octanol–water partition coefficient (Wildman–Crippen LogP) is 12.2. The van der Waals surface area contributed by atoms with Crippen molar-refractivity contribution < 1.29 is 0 Å². The van der Waals surface area contributed by atoms with E-state index in [2.05, 4.69) is 128 Å². The molecule has 0 spiro atoms. The maximum absolute atomic E-state index is 9.87. The van der Waals surface area contributed by atoms with E-state index in [-0.39, 0.29) is 0 Å². The highest BCUT2D eigenvalue weighted by Gasteiger charge is 2.18. The molecule has 9 aromatic rings. The molecule has 0 unspecified atom stereocenters. The van der Waals surface area contributed by atoms with Crippen molar-refractivity contribution in [3.05, 3.63) is 180 Å². The number of nitrogens with zero attached hydrogens (tertiary/aromatic N) is 5. The van der Waals surface area contributed by atoms with E-state index < -0.39 is 0 Å². The highest BCUT2D eigenvalue weighted by molar-refractivity contribution is 6.16. The van der Waals surface area contributed by atoms with Gasteiger partial charge in [0, 0.05) is 32.9 Å². The lowest BCUT2D eigenvalue weighted by atomic mass is 9.97. The van der Waals surface area contributed by atoms with Gasteiger partial charge in [0.2, 0.25) is 0 Å². The van der Waals surface area contributed by atoms with Crippen LogP contribution in [0.2, 0.25) is 0 Å². The molecule has 230 valence electrons. The fourth-order valence-electron chi connectivity index (χ4n) is 7.36. The van der Waals surface area contributed by atoms with Gasteiger partial charge in [0.15, 0.2) is 11.4 Å². The minimum absolute atomic E-state index is 0.548. The first kappa shape index (κ1) is 28.8.